The van der Waals surface area contributed by atoms with Gasteiger partial charge in [0.1, 0.15) is 0 Å². The standard InChI is InChI=1S/C14H27NO/c1-4-5-12-10-15-8-6-14(12)7-9-16-13(2,3)11-14/h12,15H,4-11H2,1-3H3. The summed E-state index contributed by atoms with van der Waals surface area (Å²) in [6, 6.07) is 0. The second-order valence-electron chi connectivity index (χ2n) is 6.34. The molecular formula is C14H27NO. The van der Waals surface area contributed by atoms with Gasteiger partial charge in [-0.1, -0.05) is 13.3 Å². The highest BCUT2D eigenvalue weighted by molar-refractivity contribution is 4.97. The fourth-order valence-corrected chi connectivity index (χ4v) is 3.87. The van der Waals surface area contributed by atoms with E-state index in [1.165, 1.54) is 45.2 Å². The molecule has 0 aliphatic carbocycles. The van der Waals surface area contributed by atoms with Gasteiger partial charge in [0.25, 0.3) is 0 Å². The van der Waals surface area contributed by atoms with Crippen molar-refractivity contribution in [1.29, 1.82) is 0 Å². The summed E-state index contributed by atoms with van der Waals surface area (Å²) >= 11 is 0. The first-order valence-electron chi connectivity index (χ1n) is 6.93. The Bertz CT molecular complexity index is 233. The van der Waals surface area contributed by atoms with Crippen molar-refractivity contribution in [3.05, 3.63) is 0 Å². The van der Waals surface area contributed by atoms with Gasteiger partial charge in [-0.05, 0) is 64.0 Å². The smallest absolute Gasteiger partial charge is 0.0631 e. The molecule has 16 heavy (non-hydrogen) atoms. The molecule has 1 spiro atoms. The molecule has 2 aliphatic heterocycles. The number of rotatable bonds is 2. The van der Waals surface area contributed by atoms with Crippen LogP contribution >= 0.6 is 0 Å². The highest BCUT2D eigenvalue weighted by Gasteiger charge is 2.46. The van der Waals surface area contributed by atoms with Crippen molar-refractivity contribution in [2.75, 3.05) is 19.7 Å². The zero-order valence-corrected chi connectivity index (χ0v) is 11.1. The predicted octanol–water partition coefficient (Wildman–Crippen LogP) is 2.97. The number of ether oxygens (including phenoxy) is 1. The Hall–Kier alpha value is -0.0800. The number of nitrogens with one attached hydrogen (secondary N) is 1. The predicted molar refractivity (Wildman–Crippen MR) is 67.6 cm³/mol. The van der Waals surface area contributed by atoms with Gasteiger partial charge in [0.15, 0.2) is 0 Å². The van der Waals surface area contributed by atoms with Crippen LogP contribution in [0.4, 0.5) is 0 Å². The van der Waals surface area contributed by atoms with E-state index in [1.807, 2.05) is 0 Å². The summed E-state index contributed by atoms with van der Waals surface area (Å²) in [5.41, 5.74) is 0.671. The Labute approximate surface area is 100 Å². The third kappa shape index (κ3) is 2.43. The van der Waals surface area contributed by atoms with Gasteiger partial charge >= 0.3 is 0 Å². The third-order valence-corrected chi connectivity index (χ3v) is 4.56. The first-order chi connectivity index (χ1) is 7.58. The lowest BCUT2D eigenvalue weighted by atomic mass is 9.61. The zero-order valence-electron chi connectivity index (χ0n) is 11.1. The summed E-state index contributed by atoms with van der Waals surface area (Å²) in [4.78, 5) is 0. The number of hydrogen-bond acceptors (Lipinski definition) is 2. The lowest BCUT2D eigenvalue weighted by Crippen LogP contribution is -2.52. The topological polar surface area (TPSA) is 21.3 Å². The molecule has 0 amide bonds. The van der Waals surface area contributed by atoms with Crippen LogP contribution in [0.5, 0.6) is 0 Å². The van der Waals surface area contributed by atoms with Crippen LogP contribution in [0.25, 0.3) is 0 Å². The molecule has 0 aromatic carbocycles. The van der Waals surface area contributed by atoms with Gasteiger partial charge in [-0.3, -0.25) is 0 Å². The van der Waals surface area contributed by atoms with Gasteiger partial charge in [-0.15, -0.1) is 0 Å². The zero-order chi connectivity index (χ0) is 11.6. The van der Waals surface area contributed by atoms with E-state index in [1.54, 1.807) is 0 Å². The minimum atomic E-state index is 0.0988. The molecule has 0 bridgehead atoms. The minimum absolute atomic E-state index is 0.0988. The Morgan fingerprint density at radius 1 is 1.31 bits per heavy atom. The van der Waals surface area contributed by atoms with Crippen molar-refractivity contribution in [3.63, 3.8) is 0 Å². The van der Waals surface area contributed by atoms with Crippen molar-refractivity contribution < 1.29 is 4.74 Å². The van der Waals surface area contributed by atoms with Gasteiger partial charge < -0.3 is 10.1 Å². The van der Waals surface area contributed by atoms with Crippen molar-refractivity contribution in [1.82, 2.24) is 5.32 Å². The lowest BCUT2D eigenvalue weighted by molar-refractivity contribution is -0.131. The van der Waals surface area contributed by atoms with E-state index in [9.17, 15) is 0 Å². The summed E-state index contributed by atoms with van der Waals surface area (Å²) in [5, 5.41) is 3.58. The van der Waals surface area contributed by atoms with Crippen LogP contribution in [0.1, 0.15) is 52.9 Å². The molecule has 2 nitrogen and oxygen atoms in total. The molecule has 0 aromatic heterocycles. The Morgan fingerprint density at radius 3 is 2.81 bits per heavy atom. The summed E-state index contributed by atoms with van der Waals surface area (Å²) in [7, 11) is 0. The van der Waals surface area contributed by atoms with Crippen molar-refractivity contribution in [2.45, 2.75) is 58.5 Å². The average Bonchev–Trinajstić information content (AvgIpc) is 2.20. The summed E-state index contributed by atoms with van der Waals surface area (Å²) in [5.74, 6) is 0.870. The molecule has 2 atom stereocenters. The molecule has 0 radical (unpaired) electrons. The molecule has 2 rings (SSSR count). The van der Waals surface area contributed by atoms with E-state index in [4.69, 9.17) is 4.74 Å². The summed E-state index contributed by atoms with van der Waals surface area (Å²) < 4.78 is 5.90. The van der Waals surface area contributed by atoms with E-state index in [0.717, 1.165) is 12.5 Å². The van der Waals surface area contributed by atoms with Gasteiger partial charge in [0.2, 0.25) is 0 Å². The highest BCUT2D eigenvalue weighted by Crippen LogP contribution is 2.49. The van der Waals surface area contributed by atoms with E-state index >= 15 is 0 Å². The van der Waals surface area contributed by atoms with Crippen molar-refractivity contribution >= 4 is 0 Å². The van der Waals surface area contributed by atoms with Crippen LogP contribution in [0.15, 0.2) is 0 Å². The first-order valence-corrected chi connectivity index (χ1v) is 6.93. The van der Waals surface area contributed by atoms with Crippen LogP contribution in [0, 0.1) is 11.3 Å². The van der Waals surface area contributed by atoms with Gasteiger partial charge in [0.05, 0.1) is 5.60 Å². The van der Waals surface area contributed by atoms with Crippen LogP contribution < -0.4 is 5.32 Å². The normalized spacial score (nSPS) is 38.8. The van der Waals surface area contributed by atoms with Gasteiger partial charge in [0, 0.05) is 6.61 Å². The maximum atomic E-state index is 5.90. The lowest BCUT2D eigenvalue weighted by Gasteiger charge is -2.52. The molecule has 1 N–H and O–H groups in total. The van der Waals surface area contributed by atoms with Gasteiger partial charge in [-0.25, -0.2) is 0 Å². The monoisotopic (exact) mass is 225 g/mol. The van der Waals surface area contributed by atoms with E-state index < -0.39 is 0 Å². The molecule has 2 saturated heterocycles. The van der Waals surface area contributed by atoms with Crippen molar-refractivity contribution in [2.24, 2.45) is 11.3 Å². The molecule has 2 heterocycles. The van der Waals surface area contributed by atoms with Crippen LogP contribution in [0.2, 0.25) is 0 Å². The van der Waals surface area contributed by atoms with E-state index in [0.29, 0.717) is 5.41 Å². The third-order valence-electron chi connectivity index (χ3n) is 4.56. The van der Waals surface area contributed by atoms with E-state index in [-0.39, 0.29) is 5.60 Å². The fourth-order valence-electron chi connectivity index (χ4n) is 3.87. The molecular weight excluding hydrogens is 198 g/mol. The summed E-state index contributed by atoms with van der Waals surface area (Å²) in [6.45, 7) is 10.2. The van der Waals surface area contributed by atoms with Crippen LogP contribution in [-0.4, -0.2) is 25.3 Å². The Kier molecular flexibility index (Phi) is 3.60. The van der Waals surface area contributed by atoms with Crippen molar-refractivity contribution in [3.8, 4) is 0 Å². The molecule has 2 aliphatic rings. The number of piperidine rings is 1. The summed E-state index contributed by atoms with van der Waals surface area (Å²) in [6.07, 6.45) is 6.58. The fraction of sp³-hybridized carbons (Fsp3) is 1.00. The Morgan fingerprint density at radius 2 is 2.12 bits per heavy atom. The average molecular weight is 225 g/mol. The quantitative estimate of drug-likeness (QED) is 0.780. The second-order valence-corrected chi connectivity index (χ2v) is 6.34. The SMILES string of the molecule is CCCC1CNCCC12CCOC(C)(C)C2. The molecule has 0 saturated carbocycles. The second kappa shape index (κ2) is 4.66. The maximum absolute atomic E-state index is 5.90. The van der Waals surface area contributed by atoms with E-state index in [2.05, 4.69) is 26.1 Å². The highest BCUT2D eigenvalue weighted by atomic mass is 16.5. The van der Waals surface area contributed by atoms with Gasteiger partial charge in [-0.2, -0.15) is 0 Å². The Balaban J connectivity index is 2.12. The minimum Gasteiger partial charge on any atom is -0.376 e. The van der Waals surface area contributed by atoms with Crippen LogP contribution in [0.3, 0.4) is 0 Å². The molecule has 94 valence electrons. The molecule has 2 heteroatoms. The number of hydrogen-bond donors (Lipinski definition) is 1. The molecule has 2 fully saturated rings. The molecule has 0 aromatic rings. The van der Waals surface area contributed by atoms with Crippen LogP contribution in [-0.2, 0) is 4.74 Å². The maximum Gasteiger partial charge on any atom is 0.0631 e. The first kappa shape index (κ1) is 12.4. The molecule has 2 unspecified atom stereocenters. The largest absolute Gasteiger partial charge is 0.376 e.